The molecule has 0 radical (unpaired) electrons. The molecule has 4 atom stereocenters. The third-order valence-corrected chi connectivity index (χ3v) is 7.67. The maximum Gasteiger partial charge on any atom is 0.408 e. The highest BCUT2D eigenvalue weighted by Gasteiger charge is 2.48. The molecule has 4 unspecified atom stereocenters. The molecule has 1 aliphatic carbocycles. The van der Waals surface area contributed by atoms with E-state index in [-0.39, 0.29) is 23.8 Å². The highest BCUT2D eigenvalue weighted by atomic mass is 32.2. The molecule has 1 saturated carbocycles. The average Bonchev–Trinajstić information content (AvgIpc) is 3.56. The minimum Gasteiger partial charge on any atom is -0.444 e. The lowest BCUT2D eigenvalue weighted by Gasteiger charge is -2.36. The van der Waals surface area contributed by atoms with E-state index in [0.717, 1.165) is 28.7 Å². The Kier molecular flexibility index (Phi) is 10.1. The summed E-state index contributed by atoms with van der Waals surface area (Å²) >= 11 is 1.60. The Morgan fingerprint density at radius 3 is 2.15 bits per heavy atom. The van der Waals surface area contributed by atoms with Crippen LogP contribution in [0.15, 0.2) is 42.5 Å². The SMILES string of the molecule is CSCCC(NC(=O)OC(C)(C)C)C(=O)N(C(C(=O)Nc1ccccc1C)c1c(C)cccc1C)C1CC1C. The zero-order chi connectivity index (χ0) is 28.9. The maximum absolute atomic E-state index is 14.4. The van der Waals surface area contributed by atoms with Gasteiger partial charge in [-0.3, -0.25) is 9.59 Å². The van der Waals surface area contributed by atoms with Crippen LogP contribution in [0.25, 0.3) is 0 Å². The Morgan fingerprint density at radius 1 is 1.03 bits per heavy atom. The smallest absolute Gasteiger partial charge is 0.408 e. The van der Waals surface area contributed by atoms with E-state index in [1.807, 2.05) is 69.5 Å². The Hall–Kier alpha value is -3.00. The van der Waals surface area contributed by atoms with E-state index in [4.69, 9.17) is 4.74 Å². The van der Waals surface area contributed by atoms with Crippen LogP contribution in [0.3, 0.4) is 0 Å². The monoisotopic (exact) mass is 553 g/mol. The van der Waals surface area contributed by atoms with E-state index in [9.17, 15) is 14.4 Å². The molecule has 8 heteroatoms. The molecule has 3 amide bonds. The molecular weight excluding hydrogens is 510 g/mol. The van der Waals surface area contributed by atoms with Gasteiger partial charge in [0.2, 0.25) is 5.91 Å². The predicted molar refractivity (Wildman–Crippen MR) is 159 cm³/mol. The number of nitrogens with one attached hydrogen (secondary N) is 2. The Labute approximate surface area is 237 Å². The second-order valence-electron chi connectivity index (χ2n) is 11.5. The summed E-state index contributed by atoms with van der Waals surface area (Å²) in [5.41, 5.74) is 3.64. The fourth-order valence-electron chi connectivity index (χ4n) is 4.86. The number of alkyl carbamates (subject to hydrolysis) is 1. The van der Waals surface area contributed by atoms with Gasteiger partial charge < -0.3 is 20.3 Å². The van der Waals surface area contributed by atoms with Gasteiger partial charge in [-0.1, -0.05) is 43.3 Å². The summed E-state index contributed by atoms with van der Waals surface area (Å²) in [6.07, 6.45) is 2.55. The number of hydrogen-bond donors (Lipinski definition) is 2. The van der Waals surface area contributed by atoms with Crippen molar-refractivity contribution >= 4 is 35.4 Å². The number of anilines is 1. The topological polar surface area (TPSA) is 87.7 Å². The molecule has 1 fully saturated rings. The number of rotatable bonds is 10. The lowest BCUT2D eigenvalue weighted by atomic mass is 9.93. The molecule has 2 aromatic rings. The van der Waals surface area contributed by atoms with E-state index >= 15 is 0 Å². The Morgan fingerprint density at radius 2 is 1.62 bits per heavy atom. The van der Waals surface area contributed by atoms with Crippen molar-refractivity contribution in [1.82, 2.24) is 10.2 Å². The summed E-state index contributed by atoms with van der Waals surface area (Å²) in [5, 5.41) is 5.92. The van der Waals surface area contributed by atoms with Crippen molar-refractivity contribution in [3.05, 3.63) is 64.7 Å². The number of para-hydroxylation sites is 1. The Balaban J connectivity index is 2.07. The van der Waals surface area contributed by atoms with E-state index < -0.39 is 23.8 Å². The molecule has 0 spiro atoms. The van der Waals surface area contributed by atoms with Gasteiger partial charge in [-0.05, 0) is 101 Å². The largest absolute Gasteiger partial charge is 0.444 e. The molecule has 2 aromatic carbocycles. The normalized spacial score (nSPS) is 18.1. The van der Waals surface area contributed by atoms with Gasteiger partial charge in [-0.25, -0.2) is 4.79 Å². The van der Waals surface area contributed by atoms with Crippen LogP contribution >= 0.6 is 11.8 Å². The van der Waals surface area contributed by atoms with Crippen LogP contribution in [0, 0.1) is 26.7 Å². The van der Waals surface area contributed by atoms with Crippen LogP contribution in [0.4, 0.5) is 10.5 Å². The van der Waals surface area contributed by atoms with Crippen molar-refractivity contribution in [2.75, 3.05) is 17.3 Å². The standard InChI is InChI=1S/C31H43N3O4S/c1-19-12-9-10-15-23(19)32-28(35)27(26-20(2)13-11-14-21(26)3)34(25-18-22(25)4)29(36)24(16-17-39-8)33-30(37)38-31(5,6)7/h9-15,22,24-25,27H,16-18H2,1-8H3,(H,32,35)(H,33,37). The van der Waals surface area contributed by atoms with Crippen LogP contribution < -0.4 is 10.6 Å². The van der Waals surface area contributed by atoms with Crippen LogP contribution in [0.2, 0.25) is 0 Å². The van der Waals surface area contributed by atoms with Gasteiger partial charge >= 0.3 is 6.09 Å². The molecule has 3 rings (SSSR count). The molecule has 0 aromatic heterocycles. The van der Waals surface area contributed by atoms with E-state index in [0.29, 0.717) is 17.9 Å². The molecular formula is C31H43N3O4S. The second kappa shape index (κ2) is 12.9. The van der Waals surface area contributed by atoms with E-state index in [1.54, 1.807) is 37.4 Å². The lowest BCUT2D eigenvalue weighted by molar-refractivity contribution is -0.141. The van der Waals surface area contributed by atoms with Crippen molar-refractivity contribution in [2.45, 2.75) is 85.0 Å². The first-order valence-electron chi connectivity index (χ1n) is 13.6. The fraction of sp³-hybridized carbons (Fsp3) is 0.516. The van der Waals surface area contributed by atoms with E-state index in [1.165, 1.54) is 0 Å². The number of amides is 3. The number of nitrogens with zero attached hydrogens (tertiary/aromatic N) is 1. The summed E-state index contributed by atoms with van der Waals surface area (Å²) in [6, 6.07) is 11.7. The summed E-state index contributed by atoms with van der Waals surface area (Å²) in [6.45, 7) is 13.3. The van der Waals surface area contributed by atoms with Crippen LogP contribution in [-0.2, 0) is 14.3 Å². The number of ether oxygens (including phenoxy) is 1. The first-order valence-corrected chi connectivity index (χ1v) is 15.0. The zero-order valence-electron chi connectivity index (χ0n) is 24.5. The lowest BCUT2D eigenvalue weighted by Crippen LogP contribution is -2.53. The van der Waals surface area contributed by atoms with Gasteiger partial charge in [0.1, 0.15) is 17.7 Å². The summed E-state index contributed by atoms with van der Waals surface area (Å²) in [4.78, 5) is 43.1. The van der Waals surface area contributed by atoms with Crippen molar-refractivity contribution in [3.8, 4) is 0 Å². The molecule has 7 nitrogen and oxygen atoms in total. The number of aryl methyl sites for hydroxylation is 3. The zero-order valence-corrected chi connectivity index (χ0v) is 25.3. The van der Waals surface area contributed by atoms with E-state index in [2.05, 4.69) is 17.6 Å². The minimum absolute atomic E-state index is 0.110. The second-order valence-corrected chi connectivity index (χ2v) is 12.5. The third kappa shape index (κ3) is 8.01. The van der Waals surface area contributed by atoms with Crippen LogP contribution in [0.1, 0.15) is 68.8 Å². The average molecular weight is 554 g/mol. The molecule has 0 bridgehead atoms. The predicted octanol–water partition coefficient (Wildman–Crippen LogP) is 6.18. The van der Waals surface area contributed by atoms with Gasteiger partial charge in [-0.2, -0.15) is 11.8 Å². The van der Waals surface area contributed by atoms with Crippen LogP contribution in [0.5, 0.6) is 0 Å². The third-order valence-electron chi connectivity index (χ3n) is 7.02. The van der Waals surface area contributed by atoms with Crippen molar-refractivity contribution in [2.24, 2.45) is 5.92 Å². The molecule has 2 N–H and O–H groups in total. The van der Waals surface area contributed by atoms with Gasteiger partial charge in [0.05, 0.1) is 0 Å². The molecule has 212 valence electrons. The number of hydrogen-bond acceptors (Lipinski definition) is 5. The number of carbonyl (C=O) groups is 3. The Bertz CT molecular complexity index is 1170. The molecule has 0 aliphatic heterocycles. The quantitative estimate of drug-likeness (QED) is 0.367. The van der Waals surface area contributed by atoms with Gasteiger partial charge in [0.15, 0.2) is 0 Å². The van der Waals surface area contributed by atoms with Crippen molar-refractivity contribution < 1.29 is 19.1 Å². The van der Waals surface area contributed by atoms with Gasteiger partial charge in [0, 0.05) is 11.7 Å². The number of carbonyl (C=O) groups excluding carboxylic acids is 3. The molecule has 39 heavy (non-hydrogen) atoms. The molecule has 0 saturated heterocycles. The maximum atomic E-state index is 14.4. The first-order chi connectivity index (χ1) is 18.3. The summed E-state index contributed by atoms with van der Waals surface area (Å²) < 4.78 is 5.49. The van der Waals surface area contributed by atoms with Crippen LogP contribution in [-0.4, -0.2) is 52.5 Å². The number of benzene rings is 2. The molecule has 1 aliphatic rings. The fourth-order valence-corrected chi connectivity index (χ4v) is 5.34. The van der Waals surface area contributed by atoms with Gasteiger partial charge in [0.25, 0.3) is 5.91 Å². The van der Waals surface area contributed by atoms with Gasteiger partial charge in [-0.15, -0.1) is 0 Å². The first kappa shape index (κ1) is 30.5. The highest BCUT2D eigenvalue weighted by Crippen LogP contribution is 2.42. The summed E-state index contributed by atoms with van der Waals surface area (Å²) in [5.74, 6) is 0.380. The highest BCUT2D eigenvalue weighted by molar-refractivity contribution is 7.98. The molecule has 0 heterocycles. The van der Waals surface area contributed by atoms with Crippen molar-refractivity contribution in [3.63, 3.8) is 0 Å². The number of thioether (sulfide) groups is 1. The minimum atomic E-state index is -0.856. The summed E-state index contributed by atoms with van der Waals surface area (Å²) in [7, 11) is 0. The van der Waals surface area contributed by atoms with Crippen molar-refractivity contribution in [1.29, 1.82) is 0 Å².